The minimum Gasteiger partial charge on any atom is -0.456 e. The van der Waals surface area contributed by atoms with E-state index >= 15 is 0 Å². The van der Waals surface area contributed by atoms with Crippen LogP contribution in [0.2, 0.25) is 0 Å². The second-order valence-corrected chi connectivity index (χ2v) is 7.79. The van der Waals surface area contributed by atoms with Crippen molar-refractivity contribution in [2.24, 2.45) is 5.92 Å². The van der Waals surface area contributed by atoms with Crippen molar-refractivity contribution in [1.29, 1.82) is 0 Å². The topological polar surface area (TPSA) is 96.5 Å². The molecular weight excluding hydrogens is 394 g/mol. The molecule has 0 saturated carbocycles. The summed E-state index contributed by atoms with van der Waals surface area (Å²) in [7, 11) is 0. The number of ether oxygens (including phenoxy) is 1. The van der Waals surface area contributed by atoms with Crippen molar-refractivity contribution in [2.45, 2.75) is 39.7 Å². The lowest BCUT2D eigenvalue weighted by Crippen LogP contribution is -2.33. The third-order valence-electron chi connectivity index (χ3n) is 4.51. The van der Waals surface area contributed by atoms with Gasteiger partial charge in [-0.1, -0.05) is 56.3 Å². The number of anilines is 1. The molecule has 0 aliphatic rings. The Balaban J connectivity index is 1.63. The number of benzene rings is 2. The fourth-order valence-corrected chi connectivity index (χ4v) is 2.97. The van der Waals surface area contributed by atoms with E-state index in [0.29, 0.717) is 11.6 Å². The van der Waals surface area contributed by atoms with Gasteiger partial charge in [-0.2, -0.15) is 0 Å². The molecule has 2 aromatic carbocycles. The van der Waals surface area contributed by atoms with Crippen LogP contribution in [0, 0.1) is 5.92 Å². The van der Waals surface area contributed by atoms with E-state index in [4.69, 9.17) is 4.74 Å². The van der Waals surface area contributed by atoms with Gasteiger partial charge in [0.2, 0.25) is 0 Å². The number of amides is 3. The van der Waals surface area contributed by atoms with Crippen LogP contribution in [0.1, 0.15) is 44.4 Å². The lowest BCUT2D eigenvalue weighted by atomic mass is 10.00. The highest BCUT2D eigenvalue weighted by molar-refractivity contribution is 5.89. The standard InChI is InChI=1S/C24H31N3O4/c1-17(2)15-19-9-11-20(12-10-19)18(3)26-22(28)16-31-23(29)13-14-25-24(30)27-21-7-5-4-6-8-21/h4-12,17-18H,13-16H2,1-3H3,(H,26,28)(H2,25,27,30)/t18-/m1/s1. The number of carbonyl (C=O) groups is 3. The van der Waals surface area contributed by atoms with E-state index in [0.717, 1.165) is 12.0 Å². The molecule has 0 radical (unpaired) electrons. The zero-order chi connectivity index (χ0) is 22.6. The lowest BCUT2D eigenvalue weighted by molar-refractivity contribution is -0.148. The summed E-state index contributed by atoms with van der Waals surface area (Å²) in [4.78, 5) is 35.6. The number of para-hydroxylation sites is 1. The highest BCUT2D eigenvalue weighted by Gasteiger charge is 2.12. The van der Waals surface area contributed by atoms with Crippen LogP contribution < -0.4 is 16.0 Å². The first-order chi connectivity index (χ1) is 14.8. The van der Waals surface area contributed by atoms with Crippen molar-refractivity contribution in [2.75, 3.05) is 18.5 Å². The number of carbonyl (C=O) groups excluding carboxylic acids is 3. The summed E-state index contributed by atoms with van der Waals surface area (Å²) < 4.78 is 4.98. The first-order valence-electron chi connectivity index (χ1n) is 10.5. The molecule has 2 aromatic rings. The maximum Gasteiger partial charge on any atom is 0.319 e. The van der Waals surface area contributed by atoms with Gasteiger partial charge in [0.25, 0.3) is 5.91 Å². The van der Waals surface area contributed by atoms with Crippen LogP contribution in [0.4, 0.5) is 10.5 Å². The third kappa shape index (κ3) is 9.33. The summed E-state index contributed by atoms with van der Waals surface area (Å²) in [6, 6.07) is 16.5. The zero-order valence-electron chi connectivity index (χ0n) is 18.3. The number of nitrogens with one attached hydrogen (secondary N) is 3. The van der Waals surface area contributed by atoms with E-state index in [1.165, 1.54) is 5.56 Å². The van der Waals surface area contributed by atoms with E-state index in [9.17, 15) is 14.4 Å². The maximum absolute atomic E-state index is 12.1. The van der Waals surface area contributed by atoms with Gasteiger partial charge >= 0.3 is 12.0 Å². The summed E-state index contributed by atoms with van der Waals surface area (Å²) in [5.74, 6) is -0.339. The summed E-state index contributed by atoms with van der Waals surface area (Å²) in [6.45, 7) is 5.98. The molecule has 0 heterocycles. The van der Waals surface area contributed by atoms with E-state index in [1.54, 1.807) is 24.3 Å². The Morgan fingerprint density at radius 3 is 2.26 bits per heavy atom. The normalized spacial score (nSPS) is 11.5. The minimum atomic E-state index is -0.555. The van der Waals surface area contributed by atoms with Crippen molar-refractivity contribution < 1.29 is 19.1 Å². The number of hydrogen-bond donors (Lipinski definition) is 3. The molecule has 0 aliphatic heterocycles. The van der Waals surface area contributed by atoms with E-state index in [2.05, 4.69) is 41.9 Å². The highest BCUT2D eigenvalue weighted by atomic mass is 16.5. The Hall–Kier alpha value is -3.35. The molecule has 7 heteroatoms. The molecule has 0 aromatic heterocycles. The van der Waals surface area contributed by atoms with Crippen LogP contribution in [-0.4, -0.2) is 31.1 Å². The first-order valence-corrected chi connectivity index (χ1v) is 10.5. The molecule has 31 heavy (non-hydrogen) atoms. The molecule has 0 spiro atoms. The van der Waals surface area contributed by atoms with Crippen molar-refractivity contribution >= 4 is 23.6 Å². The van der Waals surface area contributed by atoms with Crippen molar-refractivity contribution in [3.05, 3.63) is 65.7 Å². The second-order valence-electron chi connectivity index (χ2n) is 7.79. The summed E-state index contributed by atoms with van der Waals surface area (Å²) in [5, 5.41) is 8.03. The van der Waals surface area contributed by atoms with Crippen molar-refractivity contribution in [3.63, 3.8) is 0 Å². The van der Waals surface area contributed by atoms with Gasteiger partial charge in [-0.25, -0.2) is 4.79 Å². The molecule has 0 bridgehead atoms. The Morgan fingerprint density at radius 2 is 1.61 bits per heavy atom. The SMILES string of the molecule is CC(C)Cc1ccc([C@@H](C)NC(=O)COC(=O)CCNC(=O)Nc2ccccc2)cc1. The smallest absolute Gasteiger partial charge is 0.319 e. The van der Waals surface area contributed by atoms with Crippen LogP contribution >= 0.6 is 0 Å². The molecule has 1 atom stereocenters. The molecule has 7 nitrogen and oxygen atoms in total. The molecule has 0 fully saturated rings. The van der Waals surface area contributed by atoms with Gasteiger partial charge < -0.3 is 20.7 Å². The van der Waals surface area contributed by atoms with E-state index in [1.807, 2.05) is 25.1 Å². The Morgan fingerprint density at radius 1 is 0.935 bits per heavy atom. The Kier molecular flexibility index (Phi) is 9.55. The summed E-state index contributed by atoms with van der Waals surface area (Å²) >= 11 is 0. The second kappa shape index (κ2) is 12.4. The number of esters is 1. The lowest BCUT2D eigenvalue weighted by Gasteiger charge is -2.15. The van der Waals surface area contributed by atoms with Gasteiger partial charge in [0.1, 0.15) is 0 Å². The fraction of sp³-hybridized carbons (Fsp3) is 0.375. The van der Waals surface area contributed by atoms with Gasteiger partial charge in [-0.15, -0.1) is 0 Å². The highest BCUT2D eigenvalue weighted by Crippen LogP contribution is 2.15. The maximum atomic E-state index is 12.1. The molecule has 3 amide bonds. The van der Waals surface area contributed by atoms with Gasteiger partial charge in [-0.3, -0.25) is 9.59 Å². The fourth-order valence-electron chi connectivity index (χ4n) is 2.97. The van der Waals surface area contributed by atoms with Crippen LogP contribution in [0.3, 0.4) is 0 Å². The summed E-state index contributed by atoms with van der Waals surface area (Å²) in [5.41, 5.74) is 2.90. The summed E-state index contributed by atoms with van der Waals surface area (Å²) in [6.07, 6.45) is 0.988. The molecule has 0 unspecified atom stereocenters. The van der Waals surface area contributed by atoms with E-state index < -0.39 is 12.0 Å². The molecule has 166 valence electrons. The Labute approximate surface area is 183 Å². The number of hydrogen-bond acceptors (Lipinski definition) is 4. The van der Waals surface area contributed by atoms with Gasteiger partial charge in [0.15, 0.2) is 6.61 Å². The predicted molar refractivity (Wildman–Crippen MR) is 121 cm³/mol. The zero-order valence-corrected chi connectivity index (χ0v) is 18.3. The minimum absolute atomic E-state index is 0.0254. The van der Waals surface area contributed by atoms with Gasteiger partial charge in [0.05, 0.1) is 12.5 Å². The van der Waals surface area contributed by atoms with Crippen molar-refractivity contribution in [3.8, 4) is 0 Å². The molecule has 0 saturated heterocycles. The quantitative estimate of drug-likeness (QED) is 0.504. The molecule has 2 rings (SSSR count). The Bertz CT molecular complexity index is 851. The monoisotopic (exact) mass is 425 g/mol. The van der Waals surface area contributed by atoms with Crippen LogP contribution in [-0.2, 0) is 20.7 Å². The molecule has 0 aliphatic carbocycles. The van der Waals surface area contributed by atoms with Gasteiger partial charge in [0, 0.05) is 12.2 Å². The van der Waals surface area contributed by atoms with Gasteiger partial charge in [-0.05, 0) is 42.5 Å². The molecular formula is C24H31N3O4. The van der Waals surface area contributed by atoms with Crippen LogP contribution in [0.25, 0.3) is 0 Å². The number of rotatable bonds is 10. The predicted octanol–water partition coefficient (Wildman–Crippen LogP) is 3.82. The van der Waals surface area contributed by atoms with Crippen molar-refractivity contribution in [1.82, 2.24) is 10.6 Å². The van der Waals surface area contributed by atoms with Crippen LogP contribution in [0.15, 0.2) is 54.6 Å². The number of urea groups is 1. The van der Waals surface area contributed by atoms with E-state index in [-0.39, 0.29) is 31.5 Å². The largest absolute Gasteiger partial charge is 0.456 e. The first kappa shape index (κ1) is 23.9. The van der Waals surface area contributed by atoms with Crippen LogP contribution in [0.5, 0.6) is 0 Å². The molecule has 3 N–H and O–H groups in total. The average molecular weight is 426 g/mol. The third-order valence-corrected chi connectivity index (χ3v) is 4.51. The average Bonchev–Trinajstić information content (AvgIpc) is 2.73.